The van der Waals surface area contributed by atoms with Gasteiger partial charge in [0.1, 0.15) is 11.6 Å². The maximum atomic E-state index is 11.9. The van der Waals surface area contributed by atoms with Crippen molar-refractivity contribution in [1.29, 1.82) is 0 Å². The van der Waals surface area contributed by atoms with Gasteiger partial charge in [0, 0.05) is 48.9 Å². The zero-order chi connectivity index (χ0) is 17.4. The lowest BCUT2D eigenvalue weighted by atomic mass is 10.0. The lowest BCUT2D eigenvalue weighted by molar-refractivity contribution is -0.169. The first-order valence-electron chi connectivity index (χ1n) is 8.63. The van der Waals surface area contributed by atoms with Crippen LogP contribution in [0.3, 0.4) is 0 Å². The van der Waals surface area contributed by atoms with Gasteiger partial charge in [0.15, 0.2) is 5.79 Å². The van der Waals surface area contributed by atoms with Crippen molar-refractivity contribution >= 4 is 5.82 Å². The molecule has 0 radical (unpaired) electrons. The highest BCUT2D eigenvalue weighted by Crippen LogP contribution is 2.32. The van der Waals surface area contributed by atoms with Crippen LogP contribution >= 0.6 is 0 Å². The lowest BCUT2D eigenvalue weighted by Crippen LogP contribution is -2.45. The molecule has 2 aliphatic heterocycles. The number of anilines is 1. The summed E-state index contributed by atoms with van der Waals surface area (Å²) in [5, 5.41) is 0. The summed E-state index contributed by atoms with van der Waals surface area (Å²) in [4.78, 5) is 26.0. The summed E-state index contributed by atoms with van der Waals surface area (Å²) in [5.41, 5.74) is 2.08. The minimum absolute atomic E-state index is 0.107. The van der Waals surface area contributed by atoms with Crippen LogP contribution in [-0.4, -0.2) is 47.0 Å². The van der Waals surface area contributed by atoms with Crippen molar-refractivity contribution in [1.82, 2.24) is 15.0 Å². The molecular formula is C18H22N4O3. The molecule has 1 N–H and O–H groups in total. The van der Waals surface area contributed by atoms with E-state index in [1.54, 1.807) is 13.1 Å². The Morgan fingerprint density at radius 3 is 2.48 bits per heavy atom. The number of H-pyrrole nitrogens is 1. The van der Waals surface area contributed by atoms with E-state index in [1.807, 2.05) is 19.1 Å². The number of aromatic amines is 1. The number of aromatic nitrogens is 3. The molecule has 4 heterocycles. The second-order valence-corrected chi connectivity index (χ2v) is 6.62. The summed E-state index contributed by atoms with van der Waals surface area (Å²) < 4.78 is 11.5. The van der Waals surface area contributed by atoms with Crippen LogP contribution in [0.5, 0.6) is 0 Å². The van der Waals surface area contributed by atoms with E-state index in [9.17, 15) is 4.79 Å². The molecule has 2 fully saturated rings. The Morgan fingerprint density at radius 2 is 1.88 bits per heavy atom. The number of piperidine rings is 1. The molecule has 2 aromatic rings. The summed E-state index contributed by atoms with van der Waals surface area (Å²) in [6.45, 7) is 6.69. The van der Waals surface area contributed by atoms with Gasteiger partial charge < -0.3 is 19.4 Å². The lowest BCUT2D eigenvalue weighted by Gasteiger charge is -2.38. The molecule has 0 unspecified atom stereocenters. The molecule has 0 saturated carbocycles. The van der Waals surface area contributed by atoms with Gasteiger partial charge in [0.2, 0.25) is 0 Å². The molecule has 7 nitrogen and oxygen atoms in total. The summed E-state index contributed by atoms with van der Waals surface area (Å²) in [5.74, 6) is 1.10. The molecule has 2 saturated heterocycles. The topological polar surface area (TPSA) is 80.3 Å². The highest BCUT2D eigenvalue weighted by molar-refractivity contribution is 5.56. The maximum Gasteiger partial charge on any atom is 0.254 e. The van der Waals surface area contributed by atoms with Gasteiger partial charge in [-0.05, 0) is 26.0 Å². The van der Waals surface area contributed by atoms with E-state index >= 15 is 0 Å². The van der Waals surface area contributed by atoms with Crippen LogP contribution in [0.2, 0.25) is 0 Å². The van der Waals surface area contributed by atoms with E-state index in [0.29, 0.717) is 24.6 Å². The number of rotatable bonds is 2. The number of nitrogens with one attached hydrogen (secondary N) is 1. The van der Waals surface area contributed by atoms with Gasteiger partial charge in [-0.2, -0.15) is 0 Å². The molecule has 0 aromatic carbocycles. The van der Waals surface area contributed by atoms with Crippen molar-refractivity contribution in [2.45, 2.75) is 32.5 Å². The average Bonchev–Trinajstić information content (AvgIpc) is 3.08. The Labute approximate surface area is 146 Å². The van der Waals surface area contributed by atoms with Crippen LogP contribution in [0.15, 0.2) is 23.1 Å². The van der Waals surface area contributed by atoms with Crippen LogP contribution in [0.4, 0.5) is 5.82 Å². The maximum absolute atomic E-state index is 11.9. The molecule has 0 bridgehead atoms. The molecular weight excluding hydrogens is 320 g/mol. The van der Waals surface area contributed by atoms with Gasteiger partial charge in [0.05, 0.1) is 13.2 Å². The second-order valence-electron chi connectivity index (χ2n) is 6.62. The number of aryl methyl sites for hydroxylation is 1. The van der Waals surface area contributed by atoms with Crippen LogP contribution in [-0.2, 0) is 9.47 Å². The van der Waals surface area contributed by atoms with Crippen LogP contribution in [0.25, 0.3) is 11.4 Å². The zero-order valence-electron chi connectivity index (χ0n) is 14.5. The Kier molecular flexibility index (Phi) is 4.05. The highest BCUT2D eigenvalue weighted by atomic mass is 16.7. The summed E-state index contributed by atoms with van der Waals surface area (Å²) >= 11 is 0. The first-order valence-corrected chi connectivity index (χ1v) is 8.63. The Balaban J connectivity index is 1.50. The molecule has 25 heavy (non-hydrogen) atoms. The van der Waals surface area contributed by atoms with Crippen LogP contribution in [0.1, 0.15) is 24.1 Å². The van der Waals surface area contributed by atoms with E-state index in [-0.39, 0.29) is 11.3 Å². The zero-order valence-corrected chi connectivity index (χ0v) is 14.5. The van der Waals surface area contributed by atoms with Crippen molar-refractivity contribution < 1.29 is 9.47 Å². The highest BCUT2D eigenvalue weighted by Gasteiger charge is 2.39. The molecule has 2 aliphatic rings. The van der Waals surface area contributed by atoms with E-state index < -0.39 is 0 Å². The van der Waals surface area contributed by atoms with Crippen molar-refractivity contribution in [2.24, 2.45) is 0 Å². The third-order valence-corrected chi connectivity index (χ3v) is 5.08. The number of hydrogen-bond donors (Lipinski definition) is 1. The van der Waals surface area contributed by atoms with Gasteiger partial charge in [-0.15, -0.1) is 0 Å². The molecule has 7 heteroatoms. The number of ether oxygens (including phenoxy) is 2. The minimum Gasteiger partial charge on any atom is -0.356 e. The summed E-state index contributed by atoms with van der Waals surface area (Å²) in [7, 11) is 0. The summed E-state index contributed by atoms with van der Waals surface area (Å²) in [6.07, 6.45) is 3.46. The van der Waals surface area contributed by atoms with E-state index in [2.05, 4.69) is 19.9 Å². The van der Waals surface area contributed by atoms with Gasteiger partial charge >= 0.3 is 0 Å². The molecule has 2 aromatic heterocycles. The predicted molar refractivity (Wildman–Crippen MR) is 93.6 cm³/mol. The van der Waals surface area contributed by atoms with Gasteiger partial charge in [-0.1, -0.05) is 0 Å². The van der Waals surface area contributed by atoms with Crippen LogP contribution in [0, 0.1) is 13.8 Å². The van der Waals surface area contributed by atoms with Crippen molar-refractivity contribution in [3.05, 3.63) is 39.9 Å². The normalized spacial score (nSPS) is 19.5. The standard InChI is InChI=1S/C18H22N4O3/c1-12-13(2)20-16(21-17(12)23)14-3-4-15(19-11-14)22-7-5-18(6-8-22)24-9-10-25-18/h3-4,11H,5-10H2,1-2H3,(H,20,21,23). The van der Waals surface area contributed by atoms with Gasteiger partial charge in [-0.3, -0.25) is 4.79 Å². The van der Waals surface area contributed by atoms with E-state index in [4.69, 9.17) is 9.47 Å². The first-order chi connectivity index (χ1) is 12.1. The fourth-order valence-electron chi connectivity index (χ4n) is 3.36. The minimum atomic E-state index is -0.376. The van der Waals surface area contributed by atoms with Gasteiger partial charge in [0.25, 0.3) is 5.56 Å². The van der Waals surface area contributed by atoms with Gasteiger partial charge in [-0.25, -0.2) is 9.97 Å². The molecule has 0 amide bonds. The fourth-order valence-corrected chi connectivity index (χ4v) is 3.36. The molecule has 4 rings (SSSR count). The van der Waals surface area contributed by atoms with E-state index in [0.717, 1.165) is 43.0 Å². The number of pyridine rings is 1. The Bertz CT molecular complexity index is 815. The predicted octanol–water partition coefficient (Wildman–Crippen LogP) is 1.79. The Morgan fingerprint density at radius 1 is 1.16 bits per heavy atom. The SMILES string of the molecule is Cc1nc(-c2ccc(N3CCC4(CC3)OCCO4)nc2)[nH]c(=O)c1C. The Hall–Kier alpha value is -2.25. The van der Waals surface area contributed by atoms with Crippen molar-refractivity contribution in [3.63, 3.8) is 0 Å². The monoisotopic (exact) mass is 342 g/mol. The molecule has 1 spiro atoms. The molecule has 0 aliphatic carbocycles. The fraction of sp³-hybridized carbons (Fsp3) is 0.500. The third-order valence-electron chi connectivity index (χ3n) is 5.08. The summed E-state index contributed by atoms with van der Waals surface area (Å²) in [6, 6.07) is 3.92. The van der Waals surface area contributed by atoms with E-state index in [1.165, 1.54) is 0 Å². The number of nitrogens with zero attached hydrogens (tertiary/aromatic N) is 3. The van der Waals surface area contributed by atoms with Crippen molar-refractivity contribution in [2.75, 3.05) is 31.2 Å². The average molecular weight is 342 g/mol. The molecule has 0 atom stereocenters. The largest absolute Gasteiger partial charge is 0.356 e. The third kappa shape index (κ3) is 3.05. The number of hydrogen-bond acceptors (Lipinski definition) is 6. The first kappa shape index (κ1) is 16.2. The van der Waals surface area contributed by atoms with Crippen molar-refractivity contribution in [3.8, 4) is 11.4 Å². The second kappa shape index (κ2) is 6.24. The quantitative estimate of drug-likeness (QED) is 0.896. The van der Waals surface area contributed by atoms with Crippen LogP contribution < -0.4 is 10.5 Å². The smallest absolute Gasteiger partial charge is 0.254 e. The molecule has 132 valence electrons.